The Morgan fingerprint density at radius 2 is 2.16 bits per heavy atom. The van der Waals surface area contributed by atoms with Crippen molar-refractivity contribution in [3.63, 3.8) is 0 Å². The van der Waals surface area contributed by atoms with Crippen LogP contribution in [0.5, 0.6) is 0 Å². The van der Waals surface area contributed by atoms with Crippen LogP contribution in [0.2, 0.25) is 0 Å². The summed E-state index contributed by atoms with van der Waals surface area (Å²) < 4.78 is 0. The van der Waals surface area contributed by atoms with Gasteiger partial charge in [-0.05, 0) is 31.9 Å². The fraction of sp³-hybridized carbons (Fsp3) is 0.333. The van der Waals surface area contributed by atoms with Crippen LogP contribution < -0.4 is 10.5 Å². The van der Waals surface area contributed by atoms with Gasteiger partial charge in [0, 0.05) is 17.8 Å². The molecule has 1 aliphatic rings. The Hall–Kier alpha value is -2.10. The quantitative estimate of drug-likeness (QED) is 0.847. The first-order valence-corrected chi connectivity index (χ1v) is 6.53. The molecule has 19 heavy (non-hydrogen) atoms. The van der Waals surface area contributed by atoms with Gasteiger partial charge in [0.05, 0.1) is 18.6 Å². The van der Waals surface area contributed by atoms with Crippen molar-refractivity contribution in [2.75, 3.05) is 11.4 Å². The molecule has 0 radical (unpaired) electrons. The smallest absolute Gasteiger partial charge is 0.254 e. The van der Waals surface area contributed by atoms with Gasteiger partial charge in [-0.3, -0.25) is 4.79 Å². The monoisotopic (exact) mass is 255 g/mol. The number of aromatic nitrogens is 2. The van der Waals surface area contributed by atoms with Gasteiger partial charge in [0.15, 0.2) is 0 Å². The molecule has 0 fully saturated rings. The zero-order valence-electron chi connectivity index (χ0n) is 11.2. The number of hydrogen-bond donors (Lipinski definition) is 1. The van der Waals surface area contributed by atoms with Gasteiger partial charge in [-0.1, -0.05) is 17.7 Å². The number of H-pyrrole nitrogens is 1. The Bertz CT molecular complexity index is 675. The van der Waals surface area contributed by atoms with Crippen molar-refractivity contribution in [2.24, 2.45) is 0 Å². The van der Waals surface area contributed by atoms with Crippen LogP contribution in [-0.4, -0.2) is 16.5 Å². The molecule has 3 rings (SSSR count). The Kier molecular flexibility index (Phi) is 2.85. The number of benzene rings is 1. The van der Waals surface area contributed by atoms with E-state index in [1.807, 2.05) is 0 Å². The van der Waals surface area contributed by atoms with Crippen molar-refractivity contribution in [3.8, 4) is 0 Å². The second-order valence-corrected chi connectivity index (χ2v) is 5.12. The molecule has 0 spiro atoms. The molecule has 1 aromatic heterocycles. The maximum absolute atomic E-state index is 11.7. The third-order valence-corrected chi connectivity index (χ3v) is 3.70. The average Bonchev–Trinajstić information content (AvgIpc) is 2.38. The second-order valence-electron chi connectivity index (χ2n) is 5.12. The molecule has 0 atom stereocenters. The summed E-state index contributed by atoms with van der Waals surface area (Å²) in [6.07, 6.45) is 2.25. The SMILES string of the molecule is Cc1ccc(N2CCc3c(nc[nH]c3=O)C2)c(C)c1. The highest BCUT2D eigenvalue weighted by Crippen LogP contribution is 2.25. The molecule has 0 amide bonds. The molecule has 2 aromatic rings. The molecule has 0 unspecified atom stereocenters. The van der Waals surface area contributed by atoms with E-state index in [1.54, 1.807) is 0 Å². The van der Waals surface area contributed by atoms with Gasteiger partial charge in [0.1, 0.15) is 0 Å². The number of hydrogen-bond acceptors (Lipinski definition) is 3. The summed E-state index contributed by atoms with van der Waals surface area (Å²) in [7, 11) is 0. The third-order valence-electron chi connectivity index (χ3n) is 3.70. The maximum atomic E-state index is 11.7. The fourth-order valence-corrected chi connectivity index (χ4v) is 2.73. The highest BCUT2D eigenvalue weighted by molar-refractivity contribution is 5.55. The molecular weight excluding hydrogens is 238 g/mol. The molecule has 1 N–H and O–H groups in total. The average molecular weight is 255 g/mol. The van der Waals surface area contributed by atoms with Gasteiger partial charge in [-0.2, -0.15) is 0 Å². The molecule has 0 aliphatic carbocycles. The summed E-state index contributed by atoms with van der Waals surface area (Å²) in [5.74, 6) is 0. The summed E-state index contributed by atoms with van der Waals surface area (Å²) in [5, 5.41) is 0. The van der Waals surface area contributed by atoms with Gasteiger partial charge in [-0.25, -0.2) is 4.98 Å². The number of aryl methyl sites for hydroxylation is 2. The van der Waals surface area contributed by atoms with Crippen LogP contribution in [0.25, 0.3) is 0 Å². The van der Waals surface area contributed by atoms with E-state index < -0.39 is 0 Å². The van der Waals surface area contributed by atoms with E-state index in [0.29, 0.717) is 6.54 Å². The zero-order chi connectivity index (χ0) is 13.4. The highest BCUT2D eigenvalue weighted by atomic mass is 16.1. The predicted molar refractivity (Wildman–Crippen MR) is 75.5 cm³/mol. The molecular formula is C15H17N3O. The lowest BCUT2D eigenvalue weighted by atomic mass is 10.0. The van der Waals surface area contributed by atoms with Crippen LogP contribution >= 0.6 is 0 Å². The fourth-order valence-electron chi connectivity index (χ4n) is 2.73. The highest BCUT2D eigenvalue weighted by Gasteiger charge is 2.20. The molecule has 0 saturated carbocycles. The van der Waals surface area contributed by atoms with Gasteiger partial charge in [0.25, 0.3) is 5.56 Å². The number of nitrogens with zero attached hydrogens (tertiary/aromatic N) is 2. The predicted octanol–water partition coefficient (Wildman–Crippen LogP) is 1.95. The number of rotatable bonds is 1. The van der Waals surface area contributed by atoms with E-state index in [2.05, 4.69) is 46.9 Å². The molecule has 0 bridgehead atoms. The Labute approximate surface area is 112 Å². The minimum atomic E-state index is 0.00489. The Morgan fingerprint density at radius 1 is 1.32 bits per heavy atom. The van der Waals surface area contributed by atoms with Crippen molar-refractivity contribution >= 4 is 5.69 Å². The molecule has 4 nitrogen and oxygen atoms in total. The summed E-state index contributed by atoms with van der Waals surface area (Å²) in [6, 6.07) is 6.47. The molecule has 98 valence electrons. The molecule has 2 heterocycles. The van der Waals surface area contributed by atoms with Gasteiger partial charge < -0.3 is 9.88 Å². The van der Waals surface area contributed by atoms with E-state index >= 15 is 0 Å². The van der Waals surface area contributed by atoms with E-state index in [-0.39, 0.29) is 5.56 Å². The zero-order valence-corrected chi connectivity index (χ0v) is 11.2. The standard InChI is InChI=1S/C15H17N3O/c1-10-3-4-14(11(2)7-10)18-6-5-12-13(8-18)16-9-17-15(12)19/h3-4,7,9H,5-6,8H2,1-2H3,(H,16,17,19). The lowest BCUT2D eigenvalue weighted by Crippen LogP contribution is -2.35. The molecule has 1 aliphatic heterocycles. The minimum absolute atomic E-state index is 0.00489. The van der Waals surface area contributed by atoms with Crippen molar-refractivity contribution < 1.29 is 0 Å². The number of fused-ring (bicyclic) bond motifs is 1. The van der Waals surface area contributed by atoms with E-state index in [0.717, 1.165) is 24.2 Å². The first-order valence-electron chi connectivity index (χ1n) is 6.53. The number of anilines is 1. The first-order chi connectivity index (χ1) is 9.15. The van der Waals surface area contributed by atoms with Crippen molar-refractivity contribution in [3.05, 3.63) is 57.3 Å². The van der Waals surface area contributed by atoms with Gasteiger partial charge in [-0.15, -0.1) is 0 Å². The lowest BCUT2D eigenvalue weighted by molar-refractivity contribution is 0.695. The van der Waals surface area contributed by atoms with E-state index in [4.69, 9.17) is 0 Å². The second kappa shape index (κ2) is 4.53. The number of nitrogens with one attached hydrogen (secondary N) is 1. The molecule has 4 heteroatoms. The summed E-state index contributed by atoms with van der Waals surface area (Å²) in [4.78, 5) is 21.0. The Morgan fingerprint density at radius 3 is 2.95 bits per heavy atom. The van der Waals surface area contributed by atoms with E-state index in [9.17, 15) is 4.79 Å². The van der Waals surface area contributed by atoms with Crippen LogP contribution in [0.3, 0.4) is 0 Å². The normalized spacial score (nSPS) is 14.3. The van der Waals surface area contributed by atoms with E-state index in [1.165, 1.54) is 23.1 Å². The van der Waals surface area contributed by atoms with Crippen LogP contribution in [0.4, 0.5) is 5.69 Å². The summed E-state index contributed by atoms with van der Waals surface area (Å²) in [5.41, 5.74) is 5.52. The van der Waals surface area contributed by atoms with Crippen molar-refractivity contribution in [1.82, 2.24) is 9.97 Å². The number of aromatic amines is 1. The third kappa shape index (κ3) is 2.14. The van der Waals surface area contributed by atoms with Gasteiger partial charge >= 0.3 is 0 Å². The molecule has 0 saturated heterocycles. The largest absolute Gasteiger partial charge is 0.365 e. The van der Waals surface area contributed by atoms with Crippen LogP contribution in [0.1, 0.15) is 22.4 Å². The van der Waals surface area contributed by atoms with Crippen LogP contribution in [-0.2, 0) is 13.0 Å². The van der Waals surface area contributed by atoms with Crippen molar-refractivity contribution in [2.45, 2.75) is 26.8 Å². The lowest BCUT2D eigenvalue weighted by Gasteiger charge is -2.30. The van der Waals surface area contributed by atoms with Gasteiger partial charge in [0.2, 0.25) is 0 Å². The van der Waals surface area contributed by atoms with Crippen LogP contribution in [0.15, 0.2) is 29.3 Å². The topological polar surface area (TPSA) is 49.0 Å². The Balaban J connectivity index is 1.96. The van der Waals surface area contributed by atoms with Crippen molar-refractivity contribution in [1.29, 1.82) is 0 Å². The summed E-state index contributed by atoms with van der Waals surface area (Å²) in [6.45, 7) is 5.81. The molecule has 1 aromatic carbocycles. The minimum Gasteiger partial charge on any atom is -0.365 e. The maximum Gasteiger partial charge on any atom is 0.254 e. The summed E-state index contributed by atoms with van der Waals surface area (Å²) >= 11 is 0. The first kappa shape index (κ1) is 12.0. The van der Waals surface area contributed by atoms with Crippen LogP contribution in [0, 0.1) is 13.8 Å².